The Kier molecular flexibility index (Phi) is 5.18. The average molecular weight is 447 g/mol. The number of Topliss-reactive ketones (excluding diaryl/α,β-unsaturated/α-hetero) is 1. The molecule has 9 nitrogen and oxygen atoms in total. The standard InChI is InChI=1S/C24H21N3O6/c28-22(14-5-3-6-15(11-14)27(31)32)20-21(18-12-25-19-9-2-1-8-17(18)19)26(24(30)23(20)29)13-16-7-4-10-33-16/h1-3,5-6,8-9,11-12,16,21,25,28H,4,7,10,13H2/b22-20+. The van der Waals surface area contributed by atoms with Crippen molar-refractivity contribution in [2.24, 2.45) is 0 Å². The van der Waals surface area contributed by atoms with Gasteiger partial charge in [0.15, 0.2) is 0 Å². The van der Waals surface area contributed by atoms with Gasteiger partial charge in [-0.05, 0) is 18.9 Å². The van der Waals surface area contributed by atoms with Crippen LogP contribution in [0, 0.1) is 10.1 Å². The van der Waals surface area contributed by atoms with E-state index in [9.17, 15) is 24.8 Å². The first-order valence-corrected chi connectivity index (χ1v) is 10.7. The van der Waals surface area contributed by atoms with Gasteiger partial charge in [-0.3, -0.25) is 19.7 Å². The van der Waals surface area contributed by atoms with Gasteiger partial charge in [0, 0.05) is 53.5 Å². The number of rotatable bonds is 5. The molecule has 0 spiro atoms. The van der Waals surface area contributed by atoms with Crippen molar-refractivity contribution in [2.75, 3.05) is 13.2 Å². The summed E-state index contributed by atoms with van der Waals surface area (Å²) in [4.78, 5) is 41.5. The van der Waals surface area contributed by atoms with Crippen LogP contribution in [0.1, 0.15) is 30.0 Å². The first-order chi connectivity index (χ1) is 16.0. The highest BCUT2D eigenvalue weighted by atomic mass is 16.6. The van der Waals surface area contributed by atoms with Crippen molar-refractivity contribution in [3.8, 4) is 0 Å². The van der Waals surface area contributed by atoms with Gasteiger partial charge in [0.2, 0.25) is 0 Å². The summed E-state index contributed by atoms with van der Waals surface area (Å²) in [5.41, 5.74) is 1.27. The lowest BCUT2D eigenvalue weighted by Crippen LogP contribution is -2.36. The molecule has 33 heavy (non-hydrogen) atoms. The van der Waals surface area contributed by atoms with Gasteiger partial charge in [0.05, 0.1) is 22.6 Å². The quantitative estimate of drug-likeness (QED) is 0.202. The number of aromatic nitrogens is 1. The maximum atomic E-state index is 13.2. The van der Waals surface area contributed by atoms with Crippen molar-refractivity contribution in [1.29, 1.82) is 0 Å². The number of nitrogens with one attached hydrogen (secondary N) is 1. The van der Waals surface area contributed by atoms with E-state index in [1.165, 1.54) is 29.2 Å². The van der Waals surface area contributed by atoms with Crippen molar-refractivity contribution in [3.63, 3.8) is 0 Å². The number of ether oxygens (including phenoxy) is 1. The molecular formula is C24H21N3O6. The Balaban J connectivity index is 1.68. The first kappa shape index (κ1) is 20.9. The molecule has 9 heteroatoms. The van der Waals surface area contributed by atoms with Gasteiger partial charge < -0.3 is 19.7 Å². The zero-order valence-corrected chi connectivity index (χ0v) is 17.6. The SMILES string of the molecule is O=C1C(=O)N(CC2CCCO2)C(c2c[nH]c3ccccc23)/C1=C(\O)c1cccc([N+](=O)[O-])c1. The number of para-hydroxylation sites is 1. The van der Waals surface area contributed by atoms with E-state index >= 15 is 0 Å². The molecule has 0 bridgehead atoms. The number of nitro groups is 1. The molecule has 2 aliphatic heterocycles. The van der Waals surface area contributed by atoms with E-state index in [4.69, 9.17) is 4.74 Å². The minimum atomic E-state index is -0.857. The molecule has 2 saturated heterocycles. The molecule has 3 heterocycles. The summed E-state index contributed by atoms with van der Waals surface area (Å²) in [6.07, 6.45) is 3.17. The van der Waals surface area contributed by atoms with Gasteiger partial charge >= 0.3 is 0 Å². The normalized spacial score (nSPS) is 22.4. The number of H-pyrrole nitrogens is 1. The van der Waals surface area contributed by atoms with Crippen LogP contribution in [0.15, 0.2) is 60.3 Å². The molecule has 168 valence electrons. The second-order valence-corrected chi connectivity index (χ2v) is 8.18. The monoisotopic (exact) mass is 447 g/mol. The van der Waals surface area contributed by atoms with Crippen LogP contribution >= 0.6 is 0 Å². The number of ketones is 1. The number of likely N-dealkylation sites (tertiary alicyclic amines) is 1. The van der Waals surface area contributed by atoms with Crippen molar-refractivity contribution in [3.05, 3.63) is 81.5 Å². The van der Waals surface area contributed by atoms with E-state index in [0.717, 1.165) is 23.7 Å². The molecule has 0 saturated carbocycles. The Morgan fingerprint density at radius 3 is 2.79 bits per heavy atom. The molecule has 2 aliphatic rings. The maximum absolute atomic E-state index is 13.2. The fraction of sp³-hybridized carbons (Fsp3) is 0.250. The van der Waals surface area contributed by atoms with E-state index < -0.39 is 28.4 Å². The van der Waals surface area contributed by atoms with Crippen molar-refractivity contribution >= 4 is 34.0 Å². The van der Waals surface area contributed by atoms with Gasteiger partial charge in [0.25, 0.3) is 17.4 Å². The number of carbonyl (C=O) groups is 2. The van der Waals surface area contributed by atoms with Crippen LogP contribution in [0.2, 0.25) is 0 Å². The molecule has 2 unspecified atom stereocenters. The summed E-state index contributed by atoms with van der Waals surface area (Å²) >= 11 is 0. The van der Waals surface area contributed by atoms with Crippen molar-refractivity contribution < 1.29 is 24.4 Å². The van der Waals surface area contributed by atoms with Crippen LogP contribution in [0.3, 0.4) is 0 Å². The number of aliphatic hydroxyl groups excluding tert-OH is 1. The van der Waals surface area contributed by atoms with Crippen LogP contribution in [-0.2, 0) is 14.3 Å². The number of fused-ring (bicyclic) bond motifs is 1. The lowest BCUT2D eigenvalue weighted by Gasteiger charge is -2.27. The Morgan fingerprint density at radius 2 is 2.03 bits per heavy atom. The van der Waals surface area contributed by atoms with Crippen molar-refractivity contribution in [1.82, 2.24) is 9.88 Å². The molecule has 0 aliphatic carbocycles. The highest BCUT2D eigenvalue weighted by molar-refractivity contribution is 6.46. The van der Waals surface area contributed by atoms with E-state index in [-0.39, 0.29) is 29.5 Å². The summed E-state index contributed by atoms with van der Waals surface area (Å²) in [5.74, 6) is -2.00. The Morgan fingerprint density at radius 1 is 1.21 bits per heavy atom. The molecule has 3 aromatic rings. The number of nitro benzene ring substituents is 1. The maximum Gasteiger partial charge on any atom is 0.295 e. The number of nitrogens with zero attached hydrogens (tertiary/aromatic N) is 2. The summed E-state index contributed by atoms with van der Waals surface area (Å²) in [5, 5.41) is 23.2. The Labute approximate surface area is 188 Å². The van der Waals surface area contributed by atoms with Crippen LogP contribution in [0.4, 0.5) is 5.69 Å². The minimum Gasteiger partial charge on any atom is -0.507 e. The van der Waals surface area contributed by atoms with Gasteiger partial charge in [-0.2, -0.15) is 0 Å². The molecule has 2 aromatic carbocycles. The summed E-state index contributed by atoms with van der Waals surface area (Å²) in [6.45, 7) is 0.806. The van der Waals surface area contributed by atoms with Crippen LogP contribution in [0.25, 0.3) is 16.7 Å². The van der Waals surface area contributed by atoms with Gasteiger partial charge in [-0.15, -0.1) is 0 Å². The van der Waals surface area contributed by atoms with E-state index in [0.29, 0.717) is 12.2 Å². The fourth-order valence-corrected chi connectivity index (χ4v) is 4.64. The smallest absolute Gasteiger partial charge is 0.295 e. The molecular weight excluding hydrogens is 426 g/mol. The minimum absolute atomic E-state index is 0.0942. The Hall–Kier alpha value is -3.98. The number of hydrogen-bond acceptors (Lipinski definition) is 6. The number of non-ortho nitro benzene ring substituents is 1. The summed E-state index contributed by atoms with van der Waals surface area (Å²) < 4.78 is 5.71. The van der Waals surface area contributed by atoms with E-state index in [2.05, 4.69) is 4.98 Å². The average Bonchev–Trinajstić information content (AvgIpc) is 3.54. The zero-order valence-electron chi connectivity index (χ0n) is 17.6. The second kappa shape index (κ2) is 8.18. The van der Waals surface area contributed by atoms with E-state index in [1.807, 2.05) is 24.3 Å². The highest BCUT2D eigenvalue weighted by Crippen LogP contribution is 2.42. The van der Waals surface area contributed by atoms with E-state index in [1.54, 1.807) is 6.20 Å². The number of aromatic amines is 1. The lowest BCUT2D eigenvalue weighted by molar-refractivity contribution is -0.384. The van der Waals surface area contributed by atoms with Gasteiger partial charge in [-0.25, -0.2) is 0 Å². The number of carbonyl (C=O) groups excluding carboxylic acids is 2. The van der Waals surface area contributed by atoms with Gasteiger partial charge in [-0.1, -0.05) is 30.3 Å². The number of hydrogen-bond donors (Lipinski definition) is 2. The van der Waals surface area contributed by atoms with Crippen LogP contribution in [0.5, 0.6) is 0 Å². The predicted octanol–water partition coefficient (Wildman–Crippen LogP) is 3.68. The zero-order chi connectivity index (χ0) is 23.1. The number of amides is 1. The molecule has 5 rings (SSSR count). The Bertz CT molecular complexity index is 1300. The molecule has 0 radical (unpaired) electrons. The largest absolute Gasteiger partial charge is 0.507 e. The topological polar surface area (TPSA) is 126 Å². The van der Waals surface area contributed by atoms with Crippen molar-refractivity contribution in [2.45, 2.75) is 25.0 Å². The summed E-state index contributed by atoms with van der Waals surface area (Å²) in [7, 11) is 0. The third-order valence-electron chi connectivity index (χ3n) is 6.21. The highest BCUT2D eigenvalue weighted by Gasteiger charge is 2.47. The van der Waals surface area contributed by atoms with Gasteiger partial charge in [0.1, 0.15) is 5.76 Å². The molecule has 1 amide bonds. The third kappa shape index (κ3) is 3.56. The number of benzene rings is 2. The van der Waals surface area contributed by atoms with Crippen LogP contribution in [-0.4, -0.2) is 50.9 Å². The molecule has 1 aromatic heterocycles. The summed E-state index contributed by atoms with van der Waals surface area (Å²) in [6, 6.07) is 12.0. The second-order valence-electron chi connectivity index (χ2n) is 8.18. The molecule has 2 fully saturated rings. The molecule has 2 atom stereocenters. The molecule has 2 N–H and O–H groups in total. The lowest BCUT2D eigenvalue weighted by atomic mass is 9.94. The van der Waals surface area contributed by atoms with Crippen LogP contribution < -0.4 is 0 Å². The third-order valence-corrected chi connectivity index (χ3v) is 6.21. The number of aliphatic hydroxyl groups is 1. The first-order valence-electron chi connectivity index (χ1n) is 10.7. The predicted molar refractivity (Wildman–Crippen MR) is 119 cm³/mol. The fourth-order valence-electron chi connectivity index (χ4n) is 4.64.